The molecule has 0 atom stereocenters. The van der Waals surface area contributed by atoms with Gasteiger partial charge in [-0.2, -0.15) is 0 Å². The molecule has 2 aromatic carbocycles. The van der Waals surface area contributed by atoms with Crippen molar-refractivity contribution in [2.24, 2.45) is 7.05 Å². The largest absolute Gasteiger partial charge is 0.280 e. The second kappa shape index (κ2) is 7.69. The fourth-order valence-electron chi connectivity index (χ4n) is 3.58. The molecule has 0 aliphatic rings. The van der Waals surface area contributed by atoms with E-state index in [4.69, 9.17) is 12.2 Å². The third kappa shape index (κ3) is 3.27. The molecule has 0 saturated heterocycles. The lowest BCUT2D eigenvalue weighted by molar-refractivity contribution is 0.197. The highest BCUT2D eigenvalue weighted by Crippen LogP contribution is 2.14. The highest BCUT2D eigenvalue weighted by Gasteiger charge is 2.15. The molecule has 0 amide bonds. The van der Waals surface area contributed by atoms with Crippen LogP contribution in [-0.4, -0.2) is 30.2 Å². The van der Waals surface area contributed by atoms with Crippen LogP contribution < -0.4 is 5.56 Å². The van der Waals surface area contributed by atoms with Crippen LogP contribution in [0, 0.1) is 4.77 Å². The molecular weight excluding hydrogens is 370 g/mol. The molecule has 0 unspecified atom stereocenters. The molecule has 28 heavy (non-hydrogen) atoms. The maximum absolute atomic E-state index is 12.7. The number of hydrogen-bond acceptors (Lipinski definition) is 4. The van der Waals surface area contributed by atoms with Gasteiger partial charge in [0.25, 0.3) is 5.56 Å². The Balaban J connectivity index is 1.79. The van der Waals surface area contributed by atoms with Crippen molar-refractivity contribution in [3.8, 4) is 0 Å². The molecule has 0 fully saturated rings. The molecule has 0 saturated carbocycles. The van der Waals surface area contributed by atoms with Gasteiger partial charge in [-0.05, 0) is 42.9 Å². The van der Waals surface area contributed by atoms with E-state index in [9.17, 15) is 4.79 Å². The molecule has 2 heterocycles. The summed E-state index contributed by atoms with van der Waals surface area (Å²) in [5.41, 5.74) is 1.98. The highest BCUT2D eigenvalue weighted by atomic mass is 32.1. The second-order valence-corrected chi connectivity index (χ2v) is 7.34. The summed E-state index contributed by atoms with van der Waals surface area (Å²) in [5.74, 6) is 0.560. The molecular formula is C21H23N5OS. The van der Waals surface area contributed by atoms with Crippen LogP contribution >= 0.6 is 12.2 Å². The fraction of sp³-hybridized carbons (Fsp3) is 0.286. The Labute approximate surface area is 168 Å². The number of fused-ring (bicyclic) bond motifs is 3. The number of benzene rings is 2. The Morgan fingerprint density at radius 2 is 1.79 bits per heavy atom. The topological polar surface area (TPSA) is 47.5 Å². The fourth-order valence-corrected chi connectivity index (χ4v) is 3.86. The average Bonchev–Trinajstić information content (AvgIpc) is 3.03. The van der Waals surface area contributed by atoms with E-state index in [0.717, 1.165) is 25.0 Å². The predicted octanol–water partition coefficient (Wildman–Crippen LogP) is 3.59. The van der Waals surface area contributed by atoms with E-state index < -0.39 is 0 Å². The molecule has 0 aliphatic heterocycles. The summed E-state index contributed by atoms with van der Waals surface area (Å²) in [6.45, 7) is 4.50. The quantitative estimate of drug-likeness (QED) is 0.470. The van der Waals surface area contributed by atoms with Gasteiger partial charge in [-0.15, -0.1) is 5.10 Å². The van der Waals surface area contributed by atoms with Gasteiger partial charge in [0.15, 0.2) is 0 Å². The Kier molecular flexibility index (Phi) is 5.11. The van der Waals surface area contributed by atoms with Gasteiger partial charge in [0, 0.05) is 13.6 Å². The molecule has 0 bridgehead atoms. The van der Waals surface area contributed by atoms with Crippen LogP contribution in [0.15, 0.2) is 59.4 Å². The van der Waals surface area contributed by atoms with Crippen molar-refractivity contribution in [2.75, 3.05) is 6.54 Å². The number of nitrogens with zero attached hydrogens (tertiary/aromatic N) is 5. The number of aryl methyl sites for hydroxylation is 1. The van der Waals surface area contributed by atoms with E-state index in [1.54, 1.807) is 11.6 Å². The first kappa shape index (κ1) is 18.6. The van der Waals surface area contributed by atoms with E-state index in [-0.39, 0.29) is 5.56 Å². The van der Waals surface area contributed by atoms with E-state index >= 15 is 0 Å². The monoisotopic (exact) mass is 393 g/mol. The standard InChI is InChI=1S/C21H23N5OS/c1-3-13-24(14-16-9-5-4-6-10-16)15-25-21(28)26-18-12-8-7-11-17(18)19(27)23(2)20(26)22-25/h4-12H,3,13-15H2,1-2H3. The van der Waals surface area contributed by atoms with Gasteiger partial charge in [-0.25, -0.2) is 4.68 Å². The molecule has 2 aromatic heterocycles. The number of aromatic nitrogens is 4. The van der Waals surface area contributed by atoms with Crippen LogP contribution in [0.2, 0.25) is 0 Å². The first-order chi connectivity index (χ1) is 13.6. The number of hydrogen-bond donors (Lipinski definition) is 0. The predicted molar refractivity (Wildman–Crippen MR) is 114 cm³/mol. The van der Waals surface area contributed by atoms with Crippen molar-refractivity contribution in [3.63, 3.8) is 0 Å². The van der Waals surface area contributed by atoms with Gasteiger partial charge in [-0.1, -0.05) is 49.4 Å². The first-order valence-corrected chi connectivity index (χ1v) is 9.84. The minimum Gasteiger partial charge on any atom is -0.280 e. The smallest absolute Gasteiger partial charge is 0.262 e. The lowest BCUT2D eigenvalue weighted by Crippen LogP contribution is -2.27. The van der Waals surface area contributed by atoms with Crippen molar-refractivity contribution >= 4 is 28.9 Å². The van der Waals surface area contributed by atoms with E-state index in [2.05, 4.69) is 41.2 Å². The van der Waals surface area contributed by atoms with Gasteiger partial charge >= 0.3 is 0 Å². The zero-order valence-corrected chi connectivity index (χ0v) is 16.9. The van der Waals surface area contributed by atoms with Crippen molar-refractivity contribution in [2.45, 2.75) is 26.6 Å². The summed E-state index contributed by atoms with van der Waals surface area (Å²) in [5, 5.41) is 5.32. The first-order valence-electron chi connectivity index (χ1n) is 9.43. The van der Waals surface area contributed by atoms with Crippen LogP contribution in [0.1, 0.15) is 18.9 Å². The van der Waals surface area contributed by atoms with Gasteiger partial charge in [0.1, 0.15) is 0 Å². The number of rotatable bonds is 6. The third-order valence-electron chi connectivity index (χ3n) is 4.93. The van der Waals surface area contributed by atoms with Crippen molar-refractivity contribution < 1.29 is 0 Å². The van der Waals surface area contributed by atoms with Crippen LogP contribution in [0.4, 0.5) is 0 Å². The average molecular weight is 394 g/mol. The molecule has 0 N–H and O–H groups in total. The second-order valence-electron chi connectivity index (χ2n) is 6.98. The number of para-hydroxylation sites is 1. The van der Waals surface area contributed by atoms with Gasteiger partial charge in [0.2, 0.25) is 10.5 Å². The minimum absolute atomic E-state index is 0.0649. The Hall–Kier alpha value is -2.77. The molecule has 4 aromatic rings. The van der Waals surface area contributed by atoms with Crippen LogP contribution in [0.25, 0.3) is 16.7 Å². The zero-order chi connectivity index (χ0) is 19.7. The molecule has 7 heteroatoms. The van der Waals surface area contributed by atoms with Crippen LogP contribution in [0.5, 0.6) is 0 Å². The lowest BCUT2D eigenvalue weighted by Gasteiger charge is -2.21. The molecule has 4 rings (SSSR count). The Morgan fingerprint density at radius 1 is 1.07 bits per heavy atom. The summed E-state index contributed by atoms with van der Waals surface area (Å²) in [6.07, 6.45) is 1.04. The minimum atomic E-state index is -0.0649. The Bertz CT molecular complexity index is 1240. The van der Waals surface area contributed by atoms with Gasteiger partial charge < -0.3 is 0 Å². The SMILES string of the molecule is CCCN(Cc1ccccc1)Cn1nc2n(C)c(=O)c3ccccc3n2c1=S. The van der Waals surface area contributed by atoms with Crippen molar-refractivity contribution in [3.05, 3.63) is 75.3 Å². The van der Waals surface area contributed by atoms with Crippen LogP contribution in [0.3, 0.4) is 0 Å². The summed E-state index contributed by atoms with van der Waals surface area (Å²) in [4.78, 5) is 15.0. The van der Waals surface area contributed by atoms with Crippen LogP contribution in [-0.2, 0) is 20.3 Å². The summed E-state index contributed by atoms with van der Waals surface area (Å²) in [7, 11) is 1.74. The maximum Gasteiger partial charge on any atom is 0.262 e. The molecule has 0 aliphatic carbocycles. The molecule has 0 spiro atoms. The normalized spacial score (nSPS) is 11.7. The highest BCUT2D eigenvalue weighted by molar-refractivity contribution is 7.71. The zero-order valence-electron chi connectivity index (χ0n) is 16.1. The summed E-state index contributed by atoms with van der Waals surface area (Å²) in [6, 6.07) is 17.9. The summed E-state index contributed by atoms with van der Waals surface area (Å²) >= 11 is 5.75. The van der Waals surface area contributed by atoms with Crippen molar-refractivity contribution in [1.82, 2.24) is 23.6 Å². The molecule has 0 radical (unpaired) electrons. The van der Waals surface area contributed by atoms with Gasteiger partial charge in [0.05, 0.1) is 17.6 Å². The van der Waals surface area contributed by atoms with E-state index in [1.807, 2.05) is 39.4 Å². The van der Waals surface area contributed by atoms with E-state index in [1.165, 1.54) is 5.56 Å². The molecule has 6 nitrogen and oxygen atoms in total. The third-order valence-corrected chi connectivity index (χ3v) is 5.32. The van der Waals surface area contributed by atoms with Gasteiger partial charge in [-0.3, -0.25) is 18.7 Å². The van der Waals surface area contributed by atoms with E-state index in [0.29, 0.717) is 22.6 Å². The lowest BCUT2D eigenvalue weighted by atomic mass is 10.2. The van der Waals surface area contributed by atoms with Crippen molar-refractivity contribution in [1.29, 1.82) is 0 Å². The maximum atomic E-state index is 12.7. The summed E-state index contributed by atoms with van der Waals surface area (Å²) < 4.78 is 5.86. The Morgan fingerprint density at radius 3 is 2.54 bits per heavy atom. The molecule has 144 valence electrons.